The molecule has 1 atom stereocenters. The molecule has 7 nitrogen and oxygen atoms in total. The molecule has 0 aromatic carbocycles. The number of pyridine rings is 1. The van der Waals surface area contributed by atoms with Crippen molar-refractivity contribution in [2.24, 2.45) is 5.84 Å². The van der Waals surface area contributed by atoms with Gasteiger partial charge in [0.25, 0.3) is 0 Å². The summed E-state index contributed by atoms with van der Waals surface area (Å²) in [7, 11) is 0. The van der Waals surface area contributed by atoms with Gasteiger partial charge in [-0.1, -0.05) is 6.07 Å². The van der Waals surface area contributed by atoms with Gasteiger partial charge in [0.1, 0.15) is 11.6 Å². The number of carbonyl (C=O) groups is 1. The number of anilines is 2. The monoisotopic (exact) mass is 248 g/mol. The zero-order valence-corrected chi connectivity index (χ0v) is 9.97. The van der Waals surface area contributed by atoms with E-state index in [0.717, 1.165) is 25.5 Å². The molecule has 0 radical (unpaired) electrons. The van der Waals surface area contributed by atoms with Crippen LogP contribution >= 0.6 is 0 Å². The Balaban J connectivity index is 1.76. The third-order valence-electron chi connectivity index (χ3n) is 3.44. The van der Waals surface area contributed by atoms with Crippen molar-refractivity contribution in [3.05, 3.63) is 18.2 Å². The number of carbonyl (C=O) groups excluding carboxylic acids is 1. The first-order valence-electron chi connectivity index (χ1n) is 6.01. The Labute approximate surface area is 105 Å². The van der Waals surface area contributed by atoms with Crippen LogP contribution in [0.2, 0.25) is 0 Å². The fourth-order valence-electron chi connectivity index (χ4n) is 2.49. The Morgan fingerprint density at radius 3 is 3.17 bits per heavy atom. The molecule has 2 saturated heterocycles. The lowest BCUT2D eigenvalue weighted by molar-refractivity contribution is 0.197. The van der Waals surface area contributed by atoms with Crippen molar-refractivity contribution in [3.8, 4) is 0 Å². The van der Waals surface area contributed by atoms with E-state index in [1.807, 2.05) is 23.1 Å². The first kappa shape index (κ1) is 11.1. The maximum Gasteiger partial charge on any atom is 0.317 e. The molecule has 4 N–H and O–H groups in total. The van der Waals surface area contributed by atoms with Gasteiger partial charge in [0.2, 0.25) is 0 Å². The molecule has 1 aromatic heterocycles. The first-order valence-corrected chi connectivity index (χ1v) is 6.01. The van der Waals surface area contributed by atoms with Gasteiger partial charge in [-0.05, 0) is 12.1 Å². The van der Waals surface area contributed by atoms with Crippen molar-refractivity contribution in [2.45, 2.75) is 6.04 Å². The Morgan fingerprint density at radius 2 is 2.33 bits per heavy atom. The summed E-state index contributed by atoms with van der Waals surface area (Å²) in [6.45, 7) is 3.05. The summed E-state index contributed by atoms with van der Waals surface area (Å²) in [5, 5.41) is 2.86. The number of aromatic nitrogens is 1. The number of amides is 2. The number of rotatable bonds is 2. The van der Waals surface area contributed by atoms with Gasteiger partial charge in [-0.2, -0.15) is 0 Å². The van der Waals surface area contributed by atoms with Gasteiger partial charge in [0.15, 0.2) is 0 Å². The van der Waals surface area contributed by atoms with Gasteiger partial charge in [0.05, 0.1) is 6.04 Å². The molecule has 0 spiro atoms. The van der Waals surface area contributed by atoms with E-state index in [2.05, 4.69) is 20.6 Å². The number of urea groups is 1. The van der Waals surface area contributed by atoms with Gasteiger partial charge in [-0.15, -0.1) is 0 Å². The van der Waals surface area contributed by atoms with E-state index in [1.54, 1.807) is 0 Å². The number of nitrogens with two attached hydrogens (primary N) is 1. The Bertz CT molecular complexity index is 465. The molecule has 3 heterocycles. The summed E-state index contributed by atoms with van der Waals surface area (Å²) < 4.78 is 0. The molecule has 96 valence electrons. The maximum atomic E-state index is 11.5. The van der Waals surface area contributed by atoms with Gasteiger partial charge in [-0.3, -0.25) is 0 Å². The molecule has 2 aliphatic heterocycles. The summed E-state index contributed by atoms with van der Waals surface area (Å²) in [5.41, 5.74) is 2.55. The molecule has 0 bridgehead atoms. The Hall–Kier alpha value is -2.02. The smallest absolute Gasteiger partial charge is 0.317 e. The Kier molecular flexibility index (Phi) is 2.67. The average molecular weight is 248 g/mol. The number of hydrogen-bond donors (Lipinski definition) is 3. The number of piperazine rings is 1. The van der Waals surface area contributed by atoms with Crippen molar-refractivity contribution in [1.29, 1.82) is 0 Å². The van der Waals surface area contributed by atoms with Crippen LogP contribution in [-0.4, -0.2) is 48.1 Å². The van der Waals surface area contributed by atoms with E-state index >= 15 is 0 Å². The second kappa shape index (κ2) is 4.34. The largest absolute Gasteiger partial charge is 0.353 e. The van der Waals surface area contributed by atoms with Gasteiger partial charge >= 0.3 is 6.03 Å². The number of nitrogen functional groups attached to an aromatic ring is 1. The van der Waals surface area contributed by atoms with E-state index in [9.17, 15) is 4.79 Å². The minimum atomic E-state index is 0.0463. The lowest BCUT2D eigenvalue weighted by atomic mass is 10.2. The highest BCUT2D eigenvalue weighted by atomic mass is 16.2. The van der Waals surface area contributed by atoms with Crippen molar-refractivity contribution in [1.82, 2.24) is 15.2 Å². The topological polar surface area (TPSA) is 86.5 Å². The lowest BCUT2D eigenvalue weighted by Crippen LogP contribution is -2.52. The van der Waals surface area contributed by atoms with Crippen molar-refractivity contribution < 1.29 is 4.79 Å². The molecule has 3 rings (SSSR count). The summed E-state index contributed by atoms with van der Waals surface area (Å²) in [4.78, 5) is 20.0. The molecular formula is C11H16N6O. The number of nitrogens with zero attached hydrogens (tertiary/aromatic N) is 3. The molecule has 0 saturated carbocycles. The van der Waals surface area contributed by atoms with Crippen molar-refractivity contribution >= 4 is 17.7 Å². The highest BCUT2D eigenvalue weighted by Crippen LogP contribution is 2.20. The first-order chi connectivity index (χ1) is 8.78. The van der Waals surface area contributed by atoms with Crippen LogP contribution in [0.3, 0.4) is 0 Å². The van der Waals surface area contributed by atoms with E-state index in [0.29, 0.717) is 12.4 Å². The van der Waals surface area contributed by atoms with Crippen LogP contribution in [0.25, 0.3) is 0 Å². The second-order valence-electron chi connectivity index (χ2n) is 4.50. The number of nitrogens with one attached hydrogen (secondary N) is 2. The molecule has 1 aromatic rings. The second-order valence-corrected chi connectivity index (χ2v) is 4.50. The molecule has 2 fully saturated rings. The van der Waals surface area contributed by atoms with E-state index in [4.69, 9.17) is 5.84 Å². The summed E-state index contributed by atoms with van der Waals surface area (Å²) in [6, 6.07) is 5.98. The Morgan fingerprint density at radius 1 is 1.44 bits per heavy atom. The third kappa shape index (κ3) is 1.82. The summed E-state index contributed by atoms with van der Waals surface area (Å²) in [6.07, 6.45) is 0. The fraction of sp³-hybridized carbons (Fsp3) is 0.455. The van der Waals surface area contributed by atoms with Crippen molar-refractivity contribution in [2.75, 3.05) is 36.5 Å². The maximum absolute atomic E-state index is 11.5. The molecule has 18 heavy (non-hydrogen) atoms. The van der Waals surface area contributed by atoms with Crippen LogP contribution in [-0.2, 0) is 0 Å². The van der Waals surface area contributed by atoms with Crippen LogP contribution in [0.4, 0.5) is 16.4 Å². The van der Waals surface area contributed by atoms with Crippen molar-refractivity contribution in [3.63, 3.8) is 0 Å². The van der Waals surface area contributed by atoms with Gasteiger partial charge in [-0.25, -0.2) is 15.6 Å². The van der Waals surface area contributed by atoms with Crippen LogP contribution in [0.1, 0.15) is 0 Å². The minimum absolute atomic E-state index is 0.0463. The predicted molar refractivity (Wildman–Crippen MR) is 68.2 cm³/mol. The highest BCUT2D eigenvalue weighted by molar-refractivity contribution is 5.77. The van der Waals surface area contributed by atoms with E-state index in [-0.39, 0.29) is 12.1 Å². The highest BCUT2D eigenvalue weighted by Gasteiger charge is 2.35. The van der Waals surface area contributed by atoms with Crippen LogP contribution in [0.15, 0.2) is 18.2 Å². The average Bonchev–Trinajstić information content (AvgIpc) is 2.80. The minimum Gasteiger partial charge on any atom is -0.353 e. The number of fused-ring (bicyclic) bond motifs is 1. The number of hydrazine groups is 1. The normalized spacial score (nSPS) is 22.7. The molecule has 0 aliphatic carbocycles. The zero-order valence-electron chi connectivity index (χ0n) is 9.97. The predicted octanol–water partition coefficient (Wildman–Crippen LogP) is -0.419. The SMILES string of the molecule is NNc1cccc(N2CCN3C(=O)NCC3C2)n1. The standard InChI is InChI=1S/C11H16N6O/c12-15-9-2-1-3-10(14-9)16-4-5-17-8(7-16)6-13-11(17)18/h1-3,8H,4-7,12H2,(H,13,18)(H,14,15). The van der Waals surface area contributed by atoms with Gasteiger partial charge < -0.3 is 20.5 Å². The molecule has 7 heteroatoms. The van der Waals surface area contributed by atoms with E-state index in [1.165, 1.54) is 0 Å². The fourth-order valence-corrected chi connectivity index (χ4v) is 2.49. The van der Waals surface area contributed by atoms with Crippen LogP contribution < -0.4 is 21.5 Å². The van der Waals surface area contributed by atoms with E-state index < -0.39 is 0 Å². The number of hydrogen-bond acceptors (Lipinski definition) is 5. The van der Waals surface area contributed by atoms with Gasteiger partial charge in [0, 0.05) is 26.2 Å². The molecular weight excluding hydrogens is 232 g/mol. The zero-order chi connectivity index (χ0) is 12.5. The third-order valence-corrected chi connectivity index (χ3v) is 3.44. The molecule has 1 unspecified atom stereocenters. The lowest BCUT2D eigenvalue weighted by Gasteiger charge is -2.37. The van der Waals surface area contributed by atoms with Crippen LogP contribution in [0.5, 0.6) is 0 Å². The quantitative estimate of drug-likeness (QED) is 0.489. The summed E-state index contributed by atoms with van der Waals surface area (Å²) >= 11 is 0. The summed E-state index contributed by atoms with van der Waals surface area (Å²) in [5.74, 6) is 6.90. The molecule has 2 amide bonds. The van der Waals surface area contributed by atoms with Crippen LogP contribution in [0, 0.1) is 0 Å². The molecule has 2 aliphatic rings.